The fraction of sp³-hybridized carbons (Fsp3) is 0.632. The summed E-state index contributed by atoms with van der Waals surface area (Å²) in [5.41, 5.74) is 1.30. The van der Waals surface area contributed by atoms with Crippen LogP contribution in [-0.2, 0) is 11.3 Å². The summed E-state index contributed by atoms with van der Waals surface area (Å²) >= 11 is 0. The van der Waals surface area contributed by atoms with Crippen molar-refractivity contribution in [3.63, 3.8) is 0 Å². The maximum absolute atomic E-state index is 5.41. The summed E-state index contributed by atoms with van der Waals surface area (Å²) in [7, 11) is 2.10. The Morgan fingerprint density at radius 3 is 2.60 bits per heavy atom. The Morgan fingerprint density at radius 1 is 1.28 bits per heavy atom. The molecule has 0 amide bonds. The summed E-state index contributed by atoms with van der Waals surface area (Å²) in [5.74, 6) is 1.53. The van der Waals surface area contributed by atoms with Crippen molar-refractivity contribution in [3.8, 4) is 0 Å². The zero-order valence-electron chi connectivity index (χ0n) is 15.8. The van der Waals surface area contributed by atoms with Crippen molar-refractivity contribution in [3.05, 3.63) is 35.9 Å². The first-order chi connectivity index (χ1) is 11.7. The van der Waals surface area contributed by atoms with Crippen LogP contribution < -0.4 is 5.32 Å². The van der Waals surface area contributed by atoms with Crippen molar-refractivity contribution < 1.29 is 4.74 Å². The zero-order valence-corrected chi connectivity index (χ0v) is 18.1. The van der Waals surface area contributed by atoms with Gasteiger partial charge >= 0.3 is 0 Å². The quantitative estimate of drug-likeness (QED) is 0.386. The largest absolute Gasteiger partial charge is 0.379 e. The lowest BCUT2D eigenvalue weighted by Gasteiger charge is -2.29. The number of nitrogens with zero attached hydrogens (tertiary/aromatic N) is 3. The summed E-state index contributed by atoms with van der Waals surface area (Å²) in [6.07, 6.45) is 0. The van der Waals surface area contributed by atoms with E-state index in [2.05, 4.69) is 66.3 Å². The van der Waals surface area contributed by atoms with Gasteiger partial charge in [-0.2, -0.15) is 0 Å². The van der Waals surface area contributed by atoms with Gasteiger partial charge in [-0.3, -0.25) is 9.89 Å². The molecule has 6 heteroatoms. The highest BCUT2D eigenvalue weighted by Gasteiger charge is 2.14. The predicted molar refractivity (Wildman–Crippen MR) is 116 cm³/mol. The molecule has 1 aliphatic rings. The first-order valence-electron chi connectivity index (χ1n) is 9.02. The van der Waals surface area contributed by atoms with Gasteiger partial charge in [0.05, 0.1) is 13.2 Å². The minimum Gasteiger partial charge on any atom is -0.379 e. The highest BCUT2D eigenvalue weighted by molar-refractivity contribution is 14.0. The van der Waals surface area contributed by atoms with Crippen molar-refractivity contribution in [2.45, 2.75) is 20.4 Å². The number of hydrogen-bond donors (Lipinski definition) is 1. The van der Waals surface area contributed by atoms with Crippen LogP contribution in [0.25, 0.3) is 0 Å². The molecule has 0 aromatic heterocycles. The van der Waals surface area contributed by atoms with Gasteiger partial charge in [0.25, 0.3) is 0 Å². The third kappa shape index (κ3) is 8.37. The van der Waals surface area contributed by atoms with E-state index in [4.69, 9.17) is 9.73 Å². The predicted octanol–water partition coefficient (Wildman–Crippen LogP) is 2.67. The van der Waals surface area contributed by atoms with Crippen molar-refractivity contribution in [1.29, 1.82) is 0 Å². The molecule has 0 aliphatic carbocycles. The molecule has 1 heterocycles. The lowest BCUT2D eigenvalue weighted by Crippen LogP contribution is -2.40. The zero-order chi connectivity index (χ0) is 17.2. The number of morpholine rings is 1. The third-order valence-corrected chi connectivity index (χ3v) is 4.19. The van der Waals surface area contributed by atoms with Gasteiger partial charge in [-0.15, -0.1) is 24.0 Å². The molecule has 0 radical (unpaired) electrons. The lowest BCUT2D eigenvalue weighted by atomic mass is 10.1. The van der Waals surface area contributed by atoms with Crippen molar-refractivity contribution in [2.75, 3.05) is 53.0 Å². The van der Waals surface area contributed by atoms with Gasteiger partial charge in [-0.05, 0) is 18.4 Å². The number of rotatable bonds is 7. The number of ether oxygens (including phenoxy) is 1. The number of halogens is 1. The first kappa shape index (κ1) is 22.2. The van der Waals surface area contributed by atoms with Crippen LogP contribution in [0.5, 0.6) is 0 Å². The van der Waals surface area contributed by atoms with Gasteiger partial charge in [0, 0.05) is 46.3 Å². The molecule has 1 unspecified atom stereocenters. The summed E-state index contributed by atoms with van der Waals surface area (Å²) in [5, 5.41) is 3.40. The number of nitrogens with one attached hydrogen (secondary N) is 1. The molecule has 1 atom stereocenters. The fourth-order valence-corrected chi connectivity index (χ4v) is 2.93. The van der Waals surface area contributed by atoms with E-state index in [-0.39, 0.29) is 24.0 Å². The van der Waals surface area contributed by atoms with Crippen LogP contribution in [0.15, 0.2) is 35.3 Å². The lowest BCUT2D eigenvalue weighted by molar-refractivity contribution is 0.0323. The molecule has 25 heavy (non-hydrogen) atoms. The third-order valence-electron chi connectivity index (χ3n) is 4.19. The Morgan fingerprint density at radius 2 is 1.96 bits per heavy atom. The Bertz CT molecular complexity index is 491. The number of aliphatic imine (C=N–C) groups is 1. The minimum absolute atomic E-state index is 0. The van der Waals surface area contributed by atoms with Crippen molar-refractivity contribution in [1.82, 2.24) is 15.1 Å². The van der Waals surface area contributed by atoms with Gasteiger partial charge < -0.3 is 15.0 Å². The van der Waals surface area contributed by atoms with Crippen LogP contribution in [0.1, 0.15) is 19.4 Å². The second-order valence-electron chi connectivity index (χ2n) is 6.55. The van der Waals surface area contributed by atoms with Crippen LogP contribution in [0, 0.1) is 5.92 Å². The van der Waals surface area contributed by atoms with E-state index in [0.29, 0.717) is 5.92 Å². The summed E-state index contributed by atoms with van der Waals surface area (Å²) in [6.45, 7) is 11.9. The first-order valence-corrected chi connectivity index (χ1v) is 9.02. The SMILES string of the molecule is CCNC(=NCC(C)CN1CCOCC1)N(C)Cc1ccccc1.I. The van der Waals surface area contributed by atoms with Crippen LogP contribution >= 0.6 is 24.0 Å². The average Bonchev–Trinajstić information content (AvgIpc) is 2.60. The van der Waals surface area contributed by atoms with Crippen LogP contribution in [0.2, 0.25) is 0 Å². The normalized spacial score (nSPS) is 16.8. The van der Waals surface area contributed by atoms with Crippen LogP contribution in [0.4, 0.5) is 0 Å². The highest BCUT2D eigenvalue weighted by atomic mass is 127. The molecule has 5 nitrogen and oxygen atoms in total. The highest BCUT2D eigenvalue weighted by Crippen LogP contribution is 2.06. The van der Waals surface area contributed by atoms with Gasteiger partial charge in [0.15, 0.2) is 5.96 Å². The monoisotopic (exact) mass is 460 g/mol. The second kappa shape index (κ2) is 12.5. The summed E-state index contributed by atoms with van der Waals surface area (Å²) < 4.78 is 5.41. The molecule has 1 aromatic carbocycles. The van der Waals surface area contributed by atoms with Gasteiger partial charge in [-0.25, -0.2) is 0 Å². The Kier molecular flexibility index (Phi) is 11.1. The average molecular weight is 460 g/mol. The number of hydrogen-bond acceptors (Lipinski definition) is 3. The van der Waals surface area contributed by atoms with Crippen molar-refractivity contribution >= 4 is 29.9 Å². The van der Waals surface area contributed by atoms with Gasteiger partial charge in [0.2, 0.25) is 0 Å². The molecule has 1 aliphatic heterocycles. The molecule has 1 N–H and O–H groups in total. The van der Waals surface area contributed by atoms with E-state index in [1.165, 1.54) is 5.56 Å². The Balaban J connectivity index is 0.00000312. The van der Waals surface area contributed by atoms with E-state index >= 15 is 0 Å². The van der Waals surface area contributed by atoms with Crippen LogP contribution in [-0.4, -0.2) is 68.7 Å². The number of benzene rings is 1. The molecule has 1 saturated heterocycles. The number of guanidine groups is 1. The molecule has 142 valence electrons. The standard InChI is InChI=1S/C19H32N4O.HI/c1-4-20-19(22(3)16-18-8-6-5-7-9-18)21-14-17(2)15-23-10-12-24-13-11-23;/h5-9,17H,4,10-16H2,1-3H3,(H,20,21);1H. The molecular formula is C19H33IN4O. The van der Waals surface area contributed by atoms with Crippen molar-refractivity contribution in [2.24, 2.45) is 10.9 Å². The topological polar surface area (TPSA) is 40.1 Å². The maximum Gasteiger partial charge on any atom is 0.193 e. The molecule has 0 saturated carbocycles. The maximum atomic E-state index is 5.41. The molecule has 0 bridgehead atoms. The van der Waals surface area contributed by atoms with Gasteiger partial charge in [0.1, 0.15) is 0 Å². The molecule has 2 rings (SSSR count). The second-order valence-corrected chi connectivity index (χ2v) is 6.55. The smallest absolute Gasteiger partial charge is 0.193 e. The molecule has 0 spiro atoms. The Labute approximate surface area is 169 Å². The van der Waals surface area contributed by atoms with E-state index in [0.717, 1.165) is 58.4 Å². The minimum atomic E-state index is 0. The van der Waals surface area contributed by atoms with E-state index in [1.54, 1.807) is 0 Å². The summed E-state index contributed by atoms with van der Waals surface area (Å²) in [4.78, 5) is 9.52. The molecule has 1 fully saturated rings. The van der Waals surface area contributed by atoms with Gasteiger partial charge in [-0.1, -0.05) is 37.3 Å². The van der Waals surface area contributed by atoms with E-state index < -0.39 is 0 Å². The Hall–Kier alpha value is -0.860. The van der Waals surface area contributed by atoms with E-state index in [9.17, 15) is 0 Å². The fourth-order valence-electron chi connectivity index (χ4n) is 2.93. The molecule has 1 aromatic rings. The van der Waals surface area contributed by atoms with E-state index in [1.807, 2.05) is 0 Å². The van der Waals surface area contributed by atoms with Crippen LogP contribution in [0.3, 0.4) is 0 Å². The summed E-state index contributed by atoms with van der Waals surface area (Å²) in [6, 6.07) is 10.5. The molecular weight excluding hydrogens is 427 g/mol.